The van der Waals surface area contributed by atoms with Gasteiger partial charge in [0.1, 0.15) is 24.4 Å². The quantitative estimate of drug-likeness (QED) is 0.505. The third-order valence-corrected chi connectivity index (χ3v) is 5.35. The Labute approximate surface area is 150 Å². The summed E-state index contributed by atoms with van der Waals surface area (Å²) in [4.78, 5) is 12.0. The molecule has 1 aliphatic heterocycles. The molecule has 26 heavy (non-hydrogen) atoms. The van der Waals surface area contributed by atoms with Crippen LogP contribution in [0.3, 0.4) is 0 Å². The molecule has 1 aromatic carbocycles. The number of rotatable bonds is 4. The fraction of sp³-hybridized carbons (Fsp3) is 0.526. The van der Waals surface area contributed by atoms with Crippen LogP contribution in [0.15, 0.2) is 24.3 Å². The molecule has 5 atom stereocenters. The smallest absolute Gasteiger partial charge is 0.178 e. The van der Waals surface area contributed by atoms with E-state index < -0.39 is 37.3 Å². The standard InChI is InChI=1S/C19H23NO6/c21-8-15-17(23)18(24)16(19(25)26-15)20-11-3-4-13-10(5-11)6-12(22)7-14(13)9-1-2-9/h3-5,7,9,15-21,23-25H,1-2,6,8H2/t15?,16?,17-,18-,19-/m0/s1. The Morgan fingerprint density at radius 1 is 1.15 bits per heavy atom. The first kappa shape index (κ1) is 17.6. The maximum Gasteiger partial charge on any atom is 0.178 e. The molecular formula is C19H23NO6. The number of allylic oxidation sites excluding steroid dienone is 2. The molecule has 4 rings (SSSR count). The number of anilines is 1. The average molecular weight is 361 g/mol. The van der Waals surface area contributed by atoms with Crippen molar-refractivity contribution in [2.24, 2.45) is 5.92 Å². The second-order valence-electron chi connectivity index (χ2n) is 7.29. The predicted octanol–water partition coefficient (Wildman–Crippen LogP) is -0.183. The number of carbonyl (C=O) groups excluding carboxylic acids is 1. The highest BCUT2D eigenvalue weighted by Gasteiger charge is 2.43. The van der Waals surface area contributed by atoms with Crippen molar-refractivity contribution in [1.29, 1.82) is 0 Å². The molecule has 0 amide bonds. The van der Waals surface area contributed by atoms with Crippen molar-refractivity contribution in [1.82, 2.24) is 0 Å². The number of benzene rings is 1. The molecule has 2 aliphatic carbocycles. The minimum absolute atomic E-state index is 0.0822. The van der Waals surface area contributed by atoms with Gasteiger partial charge in [0, 0.05) is 12.1 Å². The second kappa shape index (κ2) is 6.75. The molecule has 0 radical (unpaired) electrons. The van der Waals surface area contributed by atoms with E-state index in [2.05, 4.69) is 5.32 Å². The summed E-state index contributed by atoms with van der Waals surface area (Å²) < 4.78 is 5.16. The van der Waals surface area contributed by atoms with Gasteiger partial charge >= 0.3 is 0 Å². The lowest BCUT2D eigenvalue weighted by Gasteiger charge is -2.40. The number of carbonyl (C=O) groups is 1. The fourth-order valence-electron chi connectivity index (χ4n) is 3.78. The lowest BCUT2D eigenvalue weighted by molar-refractivity contribution is -0.245. The summed E-state index contributed by atoms with van der Waals surface area (Å²) in [5.41, 5.74) is 3.72. The number of aliphatic hydroxyl groups is 4. The zero-order valence-electron chi connectivity index (χ0n) is 14.2. The molecule has 0 spiro atoms. The molecule has 1 saturated heterocycles. The maximum absolute atomic E-state index is 12.0. The topological polar surface area (TPSA) is 119 Å². The first-order chi connectivity index (χ1) is 12.5. The minimum Gasteiger partial charge on any atom is -0.394 e. The van der Waals surface area contributed by atoms with Gasteiger partial charge < -0.3 is 30.5 Å². The predicted molar refractivity (Wildman–Crippen MR) is 93.2 cm³/mol. The van der Waals surface area contributed by atoms with Crippen LogP contribution in [0.5, 0.6) is 0 Å². The highest BCUT2D eigenvalue weighted by atomic mass is 16.6. The van der Waals surface area contributed by atoms with Crippen LogP contribution in [0.1, 0.15) is 24.0 Å². The highest BCUT2D eigenvalue weighted by molar-refractivity contribution is 6.02. The lowest BCUT2D eigenvalue weighted by atomic mass is 9.87. The molecule has 0 aromatic heterocycles. The van der Waals surface area contributed by atoms with E-state index in [0.29, 0.717) is 18.0 Å². The van der Waals surface area contributed by atoms with Gasteiger partial charge in [-0.05, 0) is 53.7 Å². The number of aliphatic hydroxyl groups excluding tert-OH is 4. The summed E-state index contributed by atoms with van der Waals surface area (Å²) in [6.45, 7) is -0.501. The van der Waals surface area contributed by atoms with Crippen LogP contribution >= 0.6 is 0 Å². The van der Waals surface area contributed by atoms with Gasteiger partial charge in [-0.15, -0.1) is 0 Å². The van der Waals surface area contributed by atoms with Gasteiger partial charge in [-0.25, -0.2) is 0 Å². The van der Waals surface area contributed by atoms with E-state index in [-0.39, 0.29) is 5.78 Å². The van der Waals surface area contributed by atoms with Crippen molar-refractivity contribution in [2.75, 3.05) is 11.9 Å². The van der Waals surface area contributed by atoms with E-state index in [1.807, 2.05) is 18.2 Å². The van der Waals surface area contributed by atoms with Gasteiger partial charge in [0.2, 0.25) is 0 Å². The van der Waals surface area contributed by atoms with Crippen molar-refractivity contribution in [3.8, 4) is 0 Å². The lowest BCUT2D eigenvalue weighted by Crippen LogP contribution is -2.61. The summed E-state index contributed by atoms with van der Waals surface area (Å²) in [6.07, 6.45) is -0.750. The molecule has 7 heteroatoms. The Bertz CT molecular complexity index is 744. The molecule has 5 N–H and O–H groups in total. The van der Waals surface area contributed by atoms with Crippen LogP contribution in [-0.4, -0.2) is 63.5 Å². The van der Waals surface area contributed by atoms with Crippen molar-refractivity contribution >= 4 is 17.0 Å². The van der Waals surface area contributed by atoms with Crippen molar-refractivity contribution in [3.63, 3.8) is 0 Å². The molecule has 1 saturated carbocycles. The Morgan fingerprint density at radius 3 is 2.62 bits per heavy atom. The van der Waals surface area contributed by atoms with Gasteiger partial charge in [0.15, 0.2) is 12.1 Å². The highest BCUT2D eigenvalue weighted by Crippen LogP contribution is 2.44. The fourth-order valence-corrected chi connectivity index (χ4v) is 3.78. The zero-order chi connectivity index (χ0) is 18.4. The van der Waals surface area contributed by atoms with Gasteiger partial charge in [0.25, 0.3) is 0 Å². The molecule has 7 nitrogen and oxygen atoms in total. The number of hydrogen-bond donors (Lipinski definition) is 5. The van der Waals surface area contributed by atoms with Crippen molar-refractivity contribution < 1.29 is 30.0 Å². The van der Waals surface area contributed by atoms with E-state index in [1.165, 1.54) is 0 Å². The summed E-state index contributed by atoms with van der Waals surface area (Å²) >= 11 is 0. The normalized spacial score (nSPS) is 34.2. The van der Waals surface area contributed by atoms with E-state index in [4.69, 9.17) is 9.84 Å². The van der Waals surface area contributed by atoms with Crippen LogP contribution in [0.25, 0.3) is 5.57 Å². The average Bonchev–Trinajstić information content (AvgIpc) is 3.45. The second-order valence-corrected chi connectivity index (χ2v) is 7.29. The first-order valence-corrected chi connectivity index (χ1v) is 8.92. The van der Waals surface area contributed by atoms with E-state index in [0.717, 1.165) is 29.5 Å². The van der Waals surface area contributed by atoms with Gasteiger partial charge in [-0.3, -0.25) is 4.79 Å². The SMILES string of the molecule is O=C1C=C(C2CC2)c2ccc(NC3[C@@H](O)OC(CO)[C@H](O)[C@H]3O)cc2C1. The molecule has 2 unspecified atom stereocenters. The third kappa shape index (κ3) is 3.17. The molecule has 2 fully saturated rings. The summed E-state index contributed by atoms with van der Waals surface area (Å²) in [6, 6.07) is 4.66. The van der Waals surface area contributed by atoms with E-state index in [9.17, 15) is 20.1 Å². The third-order valence-electron chi connectivity index (χ3n) is 5.35. The molecule has 3 aliphatic rings. The van der Waals surface area contributed by atoms with Crippen LogP contribution in [-0.2, 0) is 16.0 Å². The molecule has 1 aromatic rings. The van der Waals surface area contributed by atoms with Crippen LogP contribution in [0.4, 0.5) is 5.69 Å². The molecule has 140 valence electrons. The van der Waals surface area contributed by atoms with Crippen LogP contribution in [0, 0.1) is 5.92 Å². The maximum atomic E-state index is 12.0. The largest absolute Gasteiger partial charge is 0.394 e. The number of fused-ring (bicyclic) bond motifs is 1. The number of nitrogens with one attached hydrogen (secondary N) is 1. The monoisotopic (exact) mass is 361 g/mol. The van der Waals surface area contributed by atoms with Gasteiger partial charge in [-0.2, -0.15) is 0 Å². The van der Waals surface area contributed by atoms with Crippen LogP contribution < -0.4 is 5.32 Å². The minimum atomic E-state index is -1.38. The Kier molecular flexibility index (Phi) is 4.58. The Balaban J connectivity index is 1.55. The summed E-state index contributed by atoms with van der Waals surface area (Å²) in [5.74, 6) is 0.552. The Morgan fingerprint density at radius 2 is 1.92 bits per heavy atom. The van der Waals surface area contributed by atoms with Gasteiger partial charge in [-0.1, -0.05) is 6.07 Å². The molecule has 1 heterocycles. The number of hydrogen-bond acceptors (Lipinski definition) is 7. The Hall–Kier alpha value is -1.77. The van der Waals surface area contributed by atoms with Crippen molar-refractivity contribution in [3.05, 3.63) is 35.4 Å². The number of ketones is 1. The molecule has 0 bridgehead atoms. The van der Waals surface area contributed by atoms with Crippen molar-refractivity contribution in [2.45, 2.75) is 49.9 Å². The summed E-state index contributed by atoms with van der Waals surface area (Å²) in [7, 11) is 0. The zero-order valence-corrected chi connectivity index (χ0v) is 14.2. The summed E-state index contributed by atoms with van der Waals surface area (Å²) in [5, 5.41) is 42.5. The van der Waals surface area contributed by atoms with Gasteiger partial charge in [0.05, 0.1) is 6.61 Å². The van der Waals surface area contributed by atoms with E-state index in [1.54, 1.807) is 6.08 Å². The number of ether oxygens (including phenoxy) is 1. The molecular weight excluding hydrogens is 338 g/mol. The van der Waals surface area contributed by atoms with E-state index >= 15 is 0 Å². The first-order valence-electron chi connectivity index (χ1n) is 8.92. The van der Waals surface area contributed by atoms with Crippen LogP contribution in [0.2, 0.25) is 0 Å².